The van der Waals surface area contributed by atoms with Gasteiger partial charge in [0.25, 0.3) is 0 Å². The topological polar surface area (TPSA) is 49.8 Å². The Bertz CT molecular complexity index is 341. The molecule has 0 spiro atoms. The third-order valence-electron chi connectivity index (χ3n) is 2.49. The first-order valence-electron chi connectivity index (χ1n) is 5.67. The molecule has 4 heteroatoms. The molecule has 0 aliphatic carbocycles. The predicted octanol–water partition coefficient (Wildman–Crippen LogP) is 2.67. The lowest BCUT2D eigenvalue weighted by atomic mass is 9.92. The summed E-state index contributed by atoms with van der Waals surface area (Å²) in [5.74, 6) is 1.80. The molecule has 1 aromatic rings. The normalized spacial score (nSPS) is 11.3. The van der Waals surface area contributed by atoms with Gasteiger partial charge < -0.3 is 10.6 Å². The van der Waals surface area contributed by atoms with Gasteiger partial charge in [-0.05, 0) is 18.8 Å². The molecule has 0 fully saturated rings. The largest absolute Gasteiger partial charge is 0.373 e. The molecule has 0 aliphatic rings. The second-order valence-corrected chi connectivity index (χ2v) is 5.18. The minimum Gasteiger partial charge on any atom is -0.373 e. The molecule has 16 heavy (non-hydrogen) atoms. The molecule has 1 rings (SSSR count). The van der Waals surface area contributed by atoms with Crippen LogP contribution in [0, 0.1) is 12.3 Å². The van der Waals surface area contributed by atoms with Gasteiger partial charge in [0.2, 0.25) is 0 Å². The molecular weight excluding hydrogens is 200 g/mol. The highest BCUT2D eigenvalue weighted by atomic mass is 15.1. The lowest BCUT2D eigenvalue weighted by Crippen LogP contribution is -2.14. The van der Waals surface area contributed by atoms with Crippen LogP contribution in [0.25, 0.3) is 0 Å². The van der Waals surface area contributed by atoms with Crippen LogP contribution in [0.2, 0.25) is 0 Å². The zero-order valence-corrected chi connectivity index (χ0v) is 10.9. The quantitative estimate of drug-likeness (QED) is 0.822. The minimum atomic E-state index is 0.347. The highest BCUT2D eigenvalue weighted by Crippen LogP contribution is 2.20. The fourth-order valence-corrected chi connectivity index (χ4v) is 1.44. The summed E-state index contributed by atoms with van der Waals surface area (Å²) in [6, 6.07) is 0. The van der Waals surface area contributed by atoms with Gasteiger partial charge in [0, 0.05) is 19.2 Å². The molecule has 0 aliphatic heterocycles. The summed E-state index contributed by atoms with van der Waals surface area (Å²) in [5.41, 5.74) is 1.42. The molecule has 0 radical (unpaired) electrons. The summed E-state index contributed by atoms with van der Waals surface area (Å²) in [4.78, 5) is 8.40. The minimum absolute atomic E-state index is 0.347. The zero-order chi connectivity index (χ0) is 12.2. The summed E-state index contributed by atoms with van der Waals surface area (Å²) in [6.45, 7) is 9.66. The van der Waals surface area contributed by atoms with E-state index in [0.29, 0.717) is 5.41 Å². The zero-order valence-electron chi connectivity index (χ0n) is 10.9. The fourth-order valence-electron chi connectivity index (χ4n) is 1.44. The van der Waals surface area contributed by atoms with Gasteiger partial charge in [-0.3, -0.25) is 0 Å². The average Bonchev–Trinajstić information content (AvgIpc) is 2.19. The molecule has 4 nitrogen and oxygen atoms in total. The third-order valence-corrected chi connectivity index (χ3v) is 2.49. The van der Waals surface area contributed by atoms with E-state index in [4.69, 9.17) is 0 Å². The Morgan fingerprint density at radius 3 is 2.38 bits per heavy atom. The first kappa shape index (κ1) is 12.7. The van der Waals surface area contributed by atoms with Gasteiger partial charge >= 0.3 is 0 Å². The van der Waals surface area contributed by atoms with E-state index < -0.39 is 0 Å². The van der Waals surface area contributed by atoms with Crippen LogP contribution in [-0.2, 0) is 0 Å². The van der Waals surface area contributed by atoms with Gasteiger partial charge in [-0.25, -0.2) is 9.97 Å². The van der Waals surface area contributed by atoms with E-state index in [1.165, 1.54) is 0 Å². The van der Waals surface area contributed by atoms with Crippen molar-refractivity contribution in [2.75, 3.05) is 24.2 Å². The molecule has 1 heterocycles. The predicted molar refractivity (Wildman–Crippen MR) is 68.9 cm³/mol. The monoisotopic (exact) mass is 222 g/mol. The van der Waals surface area contributed by atoms with E-state index in [1.54, 1.807) is 6.33 Å². The molecular formula is C12H22N4. The summed E-state index contributed by atoms with van der Waals surface area (Å²) < 4.78 is 0. The molecule has 0 saturated carbocycles. The maximum Gasteiger partial charge on any atom is 0.134 e. The highest BCUT2D eigenvalue weighted by Gasteiger charge is 2.10. The van der Waals surface area contributed by atoms with Gasteiger partial charge in [-0.1, -0.05) is 20.8 Å². The Kier molecular flexibility index (Phi) is 4.10. The van der Waals surface area contributed by atoms with Gasteiger partial charge in [-0.2, -0.15) is 0 Å². The molecule has 1 aromatic heterocycles. The van der Waals surface area contributed by atoms with Crippen LogP contribution >= 0.6 is 0 Å². The lowest BCUT2D eigenvalue weighted by Gasteiger charge is -2.19. The van der Waals surface area contributed by atoms with Crippen LogP contribution < -0.4 is 10.6 Å². The van der Waals surface area contributed by atoms with Crippen LogP contribution in [0.5, 0.6) is 0 Å². The van der Waals surface area contributed by atoms with E-state index in [1.807, 2.05) is 14.0 Å². The number of rotatable bonds is 4. The molecule has 2 N–H and O–H groups in total. The van der Waals surface area contributed by atoms with Gasteiger partial charge in [0.15, 0.2) is 0 Å². The Morgan fingerprint density at radius 2 is 1.81 bits per heavy atom. The Morgan fingerprint density at radius 1 is 1.19 bits per heavy atom. The van der Waals surface area contributed by atoms with Crippen LogP contribution in [0.4, 0.5) is 11.6 Å². The van der Waals surface area contributed by atoms with Crippen LogP contribution in [0.1, 0.15) is 32.8 Å². The Balaban J connectivity index is 2.61. The average molecular weight is 222 g/mol. The second-order valence-electron chi connectivity index (χ2n) is 5.18. The molecule has 0 saturated heterocycles. The van der Waals surface area contributed by atoms with E-state index in [9.17, 15) is 0 Å². The van der Waals surface area contributed by atoms with Crippen molar-refractivity contribution >= 4 is 11.6 Å². The molecule has 0 unspecified atom stereocenters. The Labute approximate surface area is 97.9 Å². The van der Waals surface area contributed by atoms with E-state index in [0.717, 1.165) is 30.2 Å². The Hall–Kier alpha value is -1.32. The molecule has 90 valence electrons. The number of nitrogens with zero attached hydrogens (tertiary/aromatic N) is 2. The number of anilines is 2. The van der Waals surface area contributed by atoms with Crippen molar-refractivity contribution in [3.63, 3.8) is 0 Å². The first-order chi connectivity index (χ1) is 7.44. The standard InChI is InChI=1S/C12H22N4/c1-9-10(13-5)15-8-16-11(9)14-7-6-12(2,3)4/h8H,6-7H2,1-5H3,(H2,13,14,15,16). The third kappa shape index (κ3) is 3.68. The second kappa shape index (κ2) is 5.14. The molecule has 0 aromatic carbocycles. The number of hydrogen-bond donors (Lipinski definition) is 2. The van der Waals surface area contributed by atoms with Gasteiger partial charge in [-0.15, -0.1) is 0 Å². The molecule has 0 amide bonds. The van der Waals surface area contributed by atoms with Crippen molar-refractivity contribution in [1.29, 1.82) is 0 Å². The van der Waals surface area contributed by atoms with Crippen molar-refractivity contribution < 1.29 is 0 Å². The smallest absolute Gasteiger partial charge is 0.134 e. The van der Waals surface area contributed by atoms with E-state index in [2.05, 4.69) is 41.4 Å². The van der Waals surface area contributed by atoms with Crippen LogP contribution in [0.3, 0.4) is 0 Å². The van der Waals surface area contributed by atoms with Crippen LogP contribution in [-0.4, -0.2) is 23.6 Å². The van der Waals surface area contributed by atoms with Gasteiger partial charge in [0.1, 0.15) is 18.0 Å². The summed E-state index contributed by atoms with van der Waals surface area (Å²) in [7, 11) is 1.87. The summed E-state index contributed by atoms with van der Waals surface area (Å²) >= 11 is 0. The van der Waals surface area contributed by atoms with Crippen molar-refractivity contribution in [1.82, 2.24) is 9.97 Å². The summed E-state index contributed by atoms with van der Waals surface area (Å²) in [6.07, 6.45) is 2.70. The van der Waals surface area contributed by atoms with Gasteiger partial charge in [0.05, 0.1) is 0 Å². The first-order valence-corrected chi connectivity index (χ1v) is 5.67. The maximum absolute atomic E-state index is 4.24. The van der Waals surface area contributed by atoms with Crippen molar-refractivity contribution in [3.05, 3.63) is 11.9 Å². The fraction of sp³-hybridized carbons (Fsp3) is 0.667. The number of hydrogen-bond acceptors (Lipinski definition) is 4. The van der Waals surface area contributed by atoms with E-state index in [-0.39, 0.29) is 0 Å². The number of nitrogens with one attached hydrogen (secondary N) is 2. The molecule has 0 atom stereocenters. The maximum atomic E-state index is 4.24. The molecule has 0 bridgehead atoms. The SMILES string of the molecule is CNc1ncnc(NCCC(C)(C)C)c1C. The van der Waals surface area contributed by atoms with Crippen molar-refractivity contribution in [2.45, 2.75) is 34.1 Å². The van der Waals surface area contributed by atoms with Crippen molar-refractivity contribution in [2.24, 2.45) is 5.41 Å². The number of aromatic nitrogens is 2. The van der Waals surface area contributed by atoms with Crippen molar-refractivity contribution in [3.8, 4) is 0 Å². The van der Waals surface area contributed by atoms with E-state index >= 15 is 0 Å². The summed E-state index contributed by atoms with van der Waals surface area (Å²) in [5, 5.41) is 6.40. The lowest BCUT2D eigenvalue weighted by molar-refractivity contribution is 0.389. The van der Waals surface area contributed by atoms with Crippen LogP contribution in [0.15, 0.2) is 6.33 Å². The highest BCUT2D eigenvalue weighted by molar-refractivity contribution is 5.55.